The van der Waals surface area contributed by atoms with E-state index >= 15 is 0 Å². The number of carbonyl (C=O) groups is 2. The first-order valence-electron chi connectivity index (χ1n) is 9.32. The fourth-order valence-electron chi connectivity index (χ4n) is 3.44. The Morgan fingerprint density at radius 2 is 1.54 bits per heavy atom. The van der Waals surface area contributed by atoms with Crippen molar-refractivity contribution in [1.82, 2.24) is 14.7 Å². The van der Waals surface area contributed by atoms with E-state index in [4.69, 9.17) is 0 Å². The third-order valence-corrected chi connectivity index (χ3v) is 5.20. The van der Waals surface area contributed by atoms with E-state index in [0.29, 0.717) is 19.6 Å². The number of nitrogens with one attached hydrogen (secondary N) is 1. The fourth-order valence-corrected chi connectivity index (χ4v) is 3.44. The molecule has 0 radical (unpaired) electrons. The number of hydrogen-bond acceptors (Lipinski definition) is 5. The van der Waals surface area contributed by atoms with Gasteiger partial charge in [0.1, 0.15) is 0 Å². The average Bonchev–Trinajstić information content (AvgIpc) is 2.63. The number of rotatable bonds is 4. The molecular formula is C19H29N5O2. The van der Waals surface area contributed by atoms with Gasteiger partial charge in [0, 0.05) is 70.7 Å². The van der Waals surface area contributed by atoms with Gasteiger partial charge >= 0.3 is 0 Å². The Bertz CT molecular complexity index is 617. The topological polar surface area (TPSA) is 59.1 Å². The smallest absolute Gasteiger partial charge is 0.238 e. The molecule has 2 amide bonds. The molecule has 7 nitrogen and oxygen atoms in total. The number of hydrogen-bond donors (Lipinski definition) is 1. The number of anilines is 2. The number of benzene rings is 1. The van der Waals surface area contributed by atoms with Gasteiger partial charge in [0.05, 0.1) is 6.54 Å². The van der Waals surface area contributed by atoms with Gasteiger partial charge in [0.25, 0.3) is 0 Å². The second-order valence-corrected chi connectivity index (χ2v) is 7.17. The van der Waals surface area contributed by atoms with Crippen LogP contribution in [-0.2, 0) is 9.59 Å². The van der Waals surface area contributed by atoms with E-state index in [0.717, 1.165) is 45.0 Å². The molecule has 0 spiro atoms. The molecule has 1 aromatic rings. The van der Waals surface area contributed by atoms with Gasteiger partial charge in [-0.1, -0.05) is 0 Å². The Hall–Kier alpha value is -2.12. The second-order valence-electron chi connectivity index (χ2n) is 7.17. The lowest BCUT2D eigenvalue weighted by molar-refractivity contribution is -0.130. The predicted molar refractivity (Wildman–Crippen MR) is 103 cm³/mol. The van der Waals surface area contributed by atoms with Crippen LogP contribution in [0.5, 0.6) is 0 Å². The highest BCUT2D eigenvalue weighted by molar-refractivity contribution is 5.92. The van der Waals surface area contributed by atoms with Crippen molar-refractivity contribution >= 4 is 23.2 Å². The van der Waals surface area contributed by atoms with Gasteiger partial charge in [-0.15, -0.1) is 0 Å². The van der Waals surface area contributed by atoms with Crippen molar-refractivity contribution in [2.24, 2.45) is 0 Å². The Morgan fingerprint density at radius 3 is 2.12 bits per heavy atom. The molecule has 2 saturated heterocycles. The summed E-state index contributed by atoms with van der Waals surface area (Å²) in [7, 11) is 2.15. The van der Waals surface area contributed by atoms with Crippen molar-refractivity contribution in [2.45, 2.75) is 6.92 Å². The molecule has 2 heterocycles. The summed E-state index contributed by atoms with van der Waals surface area (Å²) in [5.74, 6) is 0.100. The van der Waals surface area contributed by atoms with Crippen LogP contribution in [-0.4, -0.2) is 92.5 Å². The van der Waals surface area contributed by atoms with Gasteiger partial charge in [-0.05, 0) is 31.3 Å². The monoisotopic (exact) mass is 359 g/mol. The largest absolute Gasteiger partial charge is 0.369 e. The van der Waals surface area contributed by atoms with Gasteiger partial charge in [0.2, 0.25) is 11.8 Å². The zero-order valence-corrected chi connectivity index (χ0v) is 15.8. The van der Waals surface area contributed by atoms with Crippen LogP contribution < -0.4 is 10.2 Å². The van der Waals surface area contributed by atoms with Crippen molar-refractivity contribution in [3.63, 3.8) is 0 Å². The summed E-state index contributed by atoms with van der Waals surface area (Å²) >= 11 is 0. The zero-order chi connectivity index (χ0) is 18.5. The highest BCUT2D eigenvalue weighted by Gasteiger charge is 2.20. The van der Waals surface area contributed by atoms with Crippen molar-refractivity contribution in [2.75, 3.05) is 76.2 Å². The van der Waals surface area contributed by atoms with Crippen LogP contribution in [0.4, 0.5) is 11.4 Å². The van der Waals surface area contributed by atoms with Gasteiger partial charge < -0.3 is 20.0 Å². The quantitative estimate of drug-likeness (QED) is 0.850. The molecule has 1 aromatic carbocycles. The van der Waals surface area contributed by atoms with Gasteiger partial charge in [0.15, 0.2) is 0 Å². The van der Waals surface area contributed by atoms with E-state index in [-0.39, 0.29) is 11.8 Å². The number of nitrogens with zero attached hydrogens (tertiary/aromatic N) is 4. The standard InChI is InChI=1S/C19H29N5O2/c1-16(25)23-13-9-22(10-14-23)15-19(26)20-17-3-5-18(6-4-17)24-11-7-21(2)8-12-24/h3-6H,7-15H2,1-2H3,(H,20,26). The molecule has 0 atom stereocenters. The van der Waals surface area contributed by atoms with Crippen LogP contribution in [0.1, 0.15) is 6.92 Å². The maximum absolute atomic E-state index is 12.3. The first-order chi connectivity index (χ1) is 12.5. The first-order valence-corrected chi connectivity index (χ1v) is 9.32. The highest BCUT2D eigenvalue weighted by atomic mass is 16.2. The van der Waals surface area contributed by atoms with E-state index in [1.54, 1.807) is 6.92 Å². The molecule has 7 heteroatoms. The third kappa shape index (κ3) is 4.95. The lowest BCUT2D eigenvalue weighted by atomic mass is 10.2. The van der Waals surface area contributed by atoms with Crippen LogP contribution >= 0.6 is 0 Å². The summed E-state index contributed by atoms with van der Waals surface area (Å²) in [6, 6.07) is 8.09. The van der Waals surface area contributed by atoms with Crippen LogP contribution in [0.2, 0.25) is 0 Å². The molecule has 1 N–H and O–H groups in total. The Balaban J connectivity index is 1.45. The van der Waals surface area contributed by atoms with Gasteiger partial charge in [-0.2, -0.15) is 0 Å². The van der Waals surface area contributed by atoms with E-state index in [1.807, 2.05) is 17.0 Å². The maximum Gasteiger partial charge on any atom is 0.238 e. The minimum atomic E-state index is -0.00591. The molecule has 26 heavy (non-hydrogen) atoms. The van der Waals surface area contributed by atoms with E-state index in [2.05, 4.69) is 39.2 Å². The lowest BCUT2D eigenvalue weighted by Gasteiger charge is -2.34. The third-order valence-electron chi connectivity index (χ3n) is 5.20. The fraction of sp³-hybridized carbons (Fsp3) is 0.579. The SMILES string of the molecule is CC(=O)N1CCN(CC(=O)Nc2ccc(N3CCN(C)CC3)cc2)CC1. The molecule has 0 unspecified atom stereocenters. The molecule has 142 valence electrons. The molecule has 3 rings (SSSR count). The van der Waals surface area contributed by atoms with Gasteiger partial charge in [-0.25, -0.2) is 0 Å². The summed E-state index contributed by atoms with van der Waals surface area (Å²) < 4.78 is 0. The van der Waals surface area contributed by atoms with Crippen LogP contribution in [0.3, 0.4) is 0 Å². The average molecular weight is 359 g/mol. The zero-order valence-electron chi connectivity index (χ0n) is 15.8. The lowest BCUT2D eigenvalue weighted by Crippen LogP contribution is -2.49. The number of amides is 2. The number of piperazine rings is 2. The first kappa shape index (κ1) is 18.7. The van der Waals surface area contributed by atoms with Crippen molar-refractivity contribution in [1.29, 1.82) is 0 Å². The van der Waals surface area contributed by atoms with Gasteiger partial charge in [-0.3, -0.25) is 14.5 Å². The normalized spacial score (nSPS) is 19.5. The van der Waals surface area contributed by atoms with Crippen molar-refractivity contribution in [3.8, 4) is 0 Å². The van der Waals surface area contributed by atoms with Crippen LogP contribution in [0.25, 0.3) is 0 Å². The van der Waals surface area contributed by atoms with E-state index < -0.39 is 0 Å². The minimum Gasteiger partial charge on any atom is -0.369 e. The summed E-state index contributed by atoms with van der Waals surface area (Å²) in [5, 5.41) is 2.97. The van der Waals surface area contributed by atoms with E-state index in [1.165, 1.54) is 5.69 Å². The molecule has 2 aliphatic heterocycles. The summed E-state index contributed by atoms with van der Waals surface area (Å²) in [6.07, 6.45) is 0. The summed E-state index contributed by atoms with van der Waals surface area (Å²) in [5.41, 5.74) is 2.03. The van der Waals surface area contributed by atoms with Crippen LogP contribution in [0, 0.1) is 0 Å². The molecule has 0 aliphatic carbocycles. The van der Waals surface area contributed by atoms with E-state index in [9.17, 15) is 9.59 Å². The maximum atomic E-state index is 12.3. The molecule has 2 fully saturated rings. The summed E-state index contributed by atoms with van der Waals surface area (Å²) in [4.78, 5) is 32.2. The predicted octanol–water partition coefficient (Wildman–Crippen LogP) is 0.541. The molecular weight excluding hydrogens is 330 g/mol. The molecule has 0 bridgehead atoms. The Morgan fingerprint density at radius 1 is 0.923 bits per heavy atom. The van der Waals surface area contributed by atoms with Crippen molar-refractivity contribution in [3.05, 3.63) is 24.3 Å². The molecule has 0 saturated carbocycles. The second kappa shape index (κ2) is 8.51. The summed E-state index contributed by atoms with van der Waals surface area (Å²) in [6.45, 7) is 9.07. The molecule has 0 aromatic heterocycles. The van der Waals surface area contributed by atoms with Crippen LogP contribution in [0.15, 0.2) is 24.3 Å². The number of carbonyl (C=O) groups excluding carboxylic acids is 2. The van der Waals surface area contributed by atoms with Crippen molar-refractivity contribution < 1.29 is 9.59 Å². The number of likely N-dealkylation sites (N-methyl/N-ethyl adjacent to an activating group) is 1. The Kier molecular flexibility index (Phi) is 6.11. The minimum absolute atomic E-state index is 0.00591. The highest BCUT2D eigenvalue weighted by Crippen LogP contribution is 2.19. The Labute approximate surface area is 155 Å². The molecule has 2 aliphatic rings.